The minimum atomic E-state index is -0.0546. The largest absolute Gasteiger partial charge is 0.490 e. The van der Waals surface area contributed by atoms with Gasteiger partial charge in [-0.05, 0) is 50.8 Å². The molecule has 4 heteroatoms. The Bertz CT molecular complexity index is 821. The van der Waals surface area contributed by atoms with Gasteiger partial charge in [-0.3, -0.25) is 9.59 Å². The van der Waals surface area contributed by atoms with Crippen LogP contribution in [0.2, 0.25) is 0 Å². The summed E-state index contributed by atoms with van der Waals surface area (Å²) in [5.74, 6) is 1.22. The van der Waals surface area contributed by atoms with Gasteiger partial charge >= 0.3 is 0 Å². The van der Waals surface area contributed by atoms with Crippen LogP contribution in [0.5, 0.6) is 11.5 Å². The van der Waals surface area contributed by atoms with Crippen LogP contribution in [0, 0.1) is 6.92 Å². The first-order valence-corrected chi connectivity index (χ1v) is 8.91. The normalized spacial score (nSPS) is 10.5. The van der Waals surface area contributed by atoms with E-state index in [-0.39, 0.29) is 18.2 Å². The molecule has 4 nitrogen and oxygen atoms in total. The van der Waals surface area contributed by atoms with Gasteiger partial charge in [-0.2, -0.15) is 0 Å². The van der Waals surface area contributed by atoms with Gasteiger partial charge in [0.25, 0.3) is 0 Å². The van der Waals surface area contributed by atoms with Crippen LogP contribution < -0.4 is 9.47 Å². The zero-order chi connectivity index (χ0) is 19.3. The molecule has 0 saturated carbocycles. The van der Waals surface area contributed by atoms with Crippen molar-refractivity contribution in [3.8, 4) is 22.6 Å². The van der Waals surface area contributed by atoms with Crippen molar-refractivity contribution in [3.63, 3.8) is 0 Å². The SMILES string of the molecule is CCOc1c(C)ccc(-c2ccc(C(C)=O)c(CC)c2)c1OCC(C)=O. The van der Waals surface area contributed by atoms with E-state index >= 15 is 0 Å². The third-order valence-electron chi connectivity index (χ3n) is 4.19. The van der Waals surface area contributed by atoms with Gasteiger partial charge in [0.2, 0.25) is 0 Å². The molecule has 2 aromatic carbocycles. The maximum absolute atomic E-state index is 11.8. The lowest BCUT2D eigenvalue weighted by Crippen LogP contribution is -2.09. The molecule has 0 fully saturated rings. The van der Waals surface area contributed by atoms with Crippen LogP contribution in [0.1, 0.15) is 49.2 Å². The Morgan fingerprint density at radius 1 is 0.962 bits per heavy atom. The Hall–Kier alpha value is -2.62. The second-order valence-corrected chi connectivity index (χ2v) is 6.29. The van der Waals surface area contributed by atoms with Crippen LogP contribution in [0.4, 0.5) is 0 Å². The summed E-state index contributed by atoms with van der Waals surface area (Å²) in [6, 6.07) is 9.72. The molecule has 0 aliphatic rings. The van der Waals surface area contributed by atoms with Gasteiger partial charge in [-0.25, -0.2) is 0 Å². The fraction of sp³-hybridized carbons (Fsp3) is 0.364. The molecule has 26 heavy (non-hydrogen) atoms. The van der Waals surface area contributed by atoms with E-state index in [0.717, 1.165) is 34.2 Å². The van der Waals surface area contributed by atoms with Crippen LogP contribution >= 0.6 is 0 Å². The van der Waals surface area contributed by atoms with Crippen molar-refractivity contribution in [1.82, 2.24) is 0 Å². The van der Waals surface area contributed by atoms with E-state index in [1.165, 1.54) is 6.92 Å². The van der Waals surface area contributed by atoms with Gasteiger partial charge in [-0.15, -0.1) is 0 Å². The first-order valence-electron chi connectivity index (χ1n) is 8.91. The highest BCUT2D eigenvalue weighted by Gasteiger charge is 2.18. The summed E-state index contributed by atoms with van der Waals surface area (Å²) in [5.41, 5.74) is 4.47. The molecule has 0 aliphatic heterocycles. The van der Waals surface area contributed by atoms with Crippen molar-refractivity contribution in [3.05, 3.63) is 47.0 Å². The van der Waals surface area contributed by atoms with Crippen LogP contribution in [-0.4, -0.2) is 24.8 Å². The van der Waals surface area contributed by atoms with Gasteiger partial charge in [0, 0.05) is 11.1 Å². The summed E-state index contributed by atoms with van der Waals surface area (Å²) in [4.78, 5) is 23.3. The smallest absolute Gasteiger partial charge is 0.169 e. The van der Waals surface area contributed by atoms with E-state index in [4.69, 9.17) is 9.47 Å². The molecule has 2 rings (SSSR count). The predicted molar refractivity (Wildman–Crippen MR) is 103 cm³/mol. The zero-order valence-electron chi connectivity index (χ0n) is 16.1. The number of Topliss-reactive ketones (excluding diaryl/α,β-unsaturated/α-hetero) is 2. The highest BCUT2D eigenvalue weighted by atomic mass is 16.5. The molecule has 0 N–H and O–H groups in total. The van der Waals surface area contributed by atoms with Crippen molar-refractivity contribution in [2.75, 3.05) is 13.2 Å². The minimum Gasteiger partial charge on any atom is -0.490 e. The number of ether oxygens (including phenoxy) is 2. The highest BCUT2D eigenvalue weighted by molar-refractivity contribution is 5.96. The third kappa shape index (κ3) is 4.31. The molecule has 2 aromatic rings. The number of rotatable bonds is 8. The molecule has 0 unspecified atom stereocenters. The zero-order valence-corrected chi connectivity index (χ0v) is 16.1. The Kier molecular flexibility index (Phi) is 6.56. The third-order valence-corrected chi connectivity index (χ3v) is 4.19. The molecule has 0 heterocycles. The Morgan fingerprint density at radius 2 is 1.69 bits per heavy atom. The van der Waals surface area contributed by atoms with E-state index in [0.29, 0.717) is 18.1 Å². The van der Waals surface area contributed by atoms with Crippen LogP contribution in [0.3, 0.4) is 0 Å². The monoisotopic (exact) mass is 354 g/mol. The summed E-state index contributed by atoms with van der Waals surface area (Å²) >= 11 is 0. The first-order chi connectivity index (χ1) is 12.4. The number of hydrogen-bond acceptors (Lipinski definition) is 4. The van der Waals surface area contributed by atoms with Crippen molar-refractivity contribution < 1.29 is 19.1 Å². The highest BCUT2D eigenvalue weighted by Crippen LogP contribution is 2.41. The van der Waals surface area contributed by atoms with Crippen LogP contribution in [-0.2, 0) is 11.2 Å². The second kappa shape index (κ2) is 8.65. The fourth-order valence-electron chi connectivity index (χ4n) is 2.93. The van der Waals surface area contributed by atoms with Crippen molar-refractivity contribution in [2.24, 2.45) is 0 Å². The maximum atomic E-state index is 11.8. The summed E-state index contributed by atoms with van der Waals surface area (Å²) in [5, 5.41) is 0. The molecule has 0 amide bonds. The van der Waals surface area contributed by atoms with Gasteiger partial charge < -0.3 is 9.47 Å². The molecule has 138 valence electrons. The van der Waals surface area contributed by atoms with Gasteiger partial charge in [0.1, 0.15) is 6.61 Å². The lowest BCUT2D eigenvalue weighted by molar-refractivity contribution is -0.118. The quantitative estimate of drug-likeness (QED) is 0.639. The average molecular weight is 354 g/mol. The molecule has 0 radical (unpaired) electrons. The molecule has 0 bridgehead atoms. The molecular formula is C22H26O4. The van der Waals surface area contributed by atoms with E-state index in [2.05, 4.69) is 0 Å². The Balaban J connectivity index is 2.62. The van der Waals surface area contributed by atoms with E-state index < -0.39 is 0 Å². The standard InChI is InChI=1S/C22H26O4/c1-6-17-12-18(9-11-19(17)16(5)24)20-10-8-14(3)21(25-7-2)22(20)26-13-15(4)23/h8-12H,6-7,13H2,1-5H3. The fourth-order valence-corrected chi connectivity index (χ4v) is 2.93. The van der Waals surface area contributed by atoms with Crippen molar-refractivity contribution >= 4 is 11.6 Å². The van der Waals surface area contributed by atoms with E-state index in [1.807, 2.05) is 51.1 Å². The number of benzene rings is 2. The number of carbonyl (C=O) groups is 2. The van der Waals surface area contributed by atoms with Gasteiger partial charge in [0.15, 0.2) is 23.1 Å². The number of ketones is 2. The molecule has 0 spiro atoms. The maximum Gasteiger partial charge on any atom is 0.169 e. The molecule has 0 atom stereocenters. The average Bonchev–Trinajstić information content (AvgIpc) is 2.61. The Labute approximate surface area is 155 Å². The van der Waals surface area contributed by atoms with Crippen molar-refractivity contribution in [1.29, 1.82) is 0 Å². The summed E-state index contributed by atoms with van der Waals surface area (Å²) < 4.78 is 11.6. The molecule has 0 aliphatic carbocycles. The lowest BCUT2D eigenvalue weighted by Gasteiger charge is -2.18. The predicted octanol–water partition coefficient (Wildman–Crippen LogP) is 4.79. The number of carbonyl (C=O) groups excluding carboxylic acids is 2. The first kappa shape index (κ1) is 19.7. The van der Waals surface area contributed by atoms with Crippen LogP contribution in [0.15, 0.2) is 30.3 Å². The summed E-state index contributed by atoms with van der Waals surface area (Å²) in [7, 11) is 0. The second-order valence-electron chi connectivity index (χ2n) is 6.29. The molecular weight excluding hydrogens is 328 g/mol. The number of hydrogen-bond donors (Lipinski definition) is 0. The lowest BCUT2D eigenvalue weighted by atomic mass is 9.95. The Morgan fingerprint density at radius 3 is 2.27 bits per heavy atom. The summed E-state index contributed by atoms with van der Waals surface area (Å²) in [6.07, 6.45) is 0.760. The van der Waals surface area contributed by atoms with E-state index in [9.17, 15) is 9.59 Å². The van der Waals surface area contributed by atoms with Crippen LogP contribution in [0.25, 0.3) is 11.1 Å². The molecule has 0 saturated heterocycles. The van der Waals surface area contributed by atoms with Gasteiger partial charge in [-0.1, -0.05) is 37.3 Å². The van der Waals surface area contributed by atoms with Gasteiger partial charge in [0.05, 0.1) is 6.61 Å². The minimum absolute atomic E-state index is 0.0112. The van der Waals surface area contributed by atoms with E-state index in [1.54, 1.807) is 6.92 Å². The summed E-state index contributed by atoms with van der Waals surface area (Å²) in [6.45, 7) is 9.46. The topological polar surface area (TPSA) is 52.6 Å². The van der Waals surface area contributed by atoms with Crippen molar-refractivity contribution in [2.45, 2.75) is 41.0 Å². The molecule has 0 aromatic heterocycles. The number of aryl methyl sites for hydroxylation is 2.